The largest absolute Gasteiger partial charge is 0.494 e. The van der Waals surface area contributed by atoms with Crippen molar-refractivity contribution in [1.82, 2.24) is 0 Å². The number of halogens is 3. The molecule has 2 aromatic rings. The molecule has 4 heteroatoms. The van der Waals surface area contributed by atoms with Gasteiger partial charge in [0, 0.05) is 6.42 Å². The van der Waals surface area contributed by atoms with E-state index in [0.717, 1.165) is 17.6 Å². The molecule has 134 valence electrons. The molecule has 25 heavy (non-hydrogen) atoms. The molecule has 0 fully saturated rings. The van der Waals surface area contributed by atoms with Gasteiger partial charge in [0.2, 0.25) is 0 Å². The van der Waals surface area contributed by atoms with Gasteiger partial charge in [0.25, 0.3) is 0 Å². The van der Waals surface area contributed by atoms with E-state index in [1.54, 1.807) is 12.1 Å². The van der Waals surface area contributed by atoms with Crippen LogP contribution in [0.3, 0.4) is 0 Å². The van der Waals surface area contributed by atoms with Crippen LogP contribution in [-0.4, -0.2) is 12.8 Å². The molecule has 0 unspecified atom stereocenters. The van der Waals surface area contributed by atoms with Crippen LogP contribution < -0.4 is 4.74 Å². The lowest BCUT2D eigenvalue weighted by atomic mass is 10.0. The van der Waals surface area contributed by atoms with Crippen molar-refractivity contribution in [2.45, 2.75) is 39.3 Å². The summed E-state index contributed by atoms with van der Waals surface area (Å²) in [6.07, 6.45) is -1.93. The lowest BCUT2D eigenvalue weighted by Crippen LogP contribution is -2.09. The number of benzene rings is 2. The first-order chi connectivity index (χ1) is 11.8. The molecule has 0 atom stereocenters. The zero-order chi connectivity index (χ0) is 18.3. The van der Waals surface area contributed by atoms with Gasteiger partial charge in [0.15, 0.2) is 0 Å². The van der Waals surface area contributed by atoms with Gasteiger partial charge in [-0.05, 0) is 55.5 Å². The second kappa shape index (κ2) is 8.75. The molecular formula is C21H23F3O. The topological polar surface area (TPSA) is 9.23 Å². The smallest absolute Gasteiger partial charge is 0.389 e. The number of allylic oxidation sites excluding steroid dienone is 2. The van der Waals surface area contributed by atoms with E-state index < -0.39 is 12.6 Å². The van der Waals surface area contributed by atoms with Gasteiger partial charge in [-0.15, -0.1) is 0 Å². The highest BCUT2D eigenvalue weighted by Crippen LogP contribution is 2.22. The molecule has 0 aromatic heterocycles. The average Bonchev–Trinajstić information content (AvgIpc) is 2.58. The Hall–Kier alpha value is -2.23. The first-order valence-corrected chi connectivity index (χ1v) is 8.36. The van der Waals surface area contributed by atoms with Gasteiger partial charge < -0.3 is 4.74 Å². The number of rotatable bonds is 7. The quantitative estimate of drug-likeness (QED) is 0.529. The molecule has 0 bridgehead atoms. The number of alkyl halides is 3. The Bertz CT molecular complexity index is 683. The SMILES string of the molecule is C/C(=C\Cc1ccc(C)cc1)c1ccc(OCCCC(F)(F)F)cc1. The second-order valence-electron chi connectivity index (χ2n) is 6.17. The van der Waals surface area contributed by atoms with Crippen LogP contribution in [0.1, 0.15) is 36.5 Å². The standard InChI is InChI=1S/C21H23F3O/c1-16-4-7-18(8-5-16)9-6-17(2)19-10-12-20(13-11-19)25-15-3-14-21(22,23)24/h4-8,10-13H,3,9,14-15H2,1-2H3/b17-6+. The van der Waals surface area contributed by atoms with Crippen molar-refractivity contribution in [2.75, 3.05) is 6.61 Å². The fourth-order valence-corrected chi connectivity index (χ4v) is 2.39. The molecule has 0 saturated carbocycles. The van der Waals surface area contributed by atoms with Gasteiger partial charge in [-0.2, -0.15) is 13.2 Å². The van der Waals surface area contributed by atoms with Crippen LogP contribution in [0.4, 0.5) is 13.2 Å². The van der Waals surface area contributed by atoms with Crippen molar-refractivity contribution in [2.24, 2.45) is 0 Å². The van der Waals surface area contributed by atoms with E-state index in [4.69, 9.17) is 4.74 Å². The molecule has 0 amide bonds. The van der Waals surface area contributed by atoms with Gasteiger partial charge in [-0.3, -0.25) is 0 Å². The van der Waals surface area contributed by atoms with E-state index in [9.17, 15) is 13.2 Å². The molecule has 0 aliphatic rings. The zero-order valence-corrected chi connectivity index (χ0v) is 14.6. The molecule has 2 aromatic carbocycles. The summed E-state index contributed by atoms with van der Waals surface area (Å²) in [7, 11) is 0. The molecule has 0 radical (unpaired) electrons. The second-order valence-corrected chi connectivity index (χ2v) is 6.17. The molecule has 0 aliphatic carbocycles. The molecule has 0 heterocycles. The van der Waals surface area contributed by atoms with Crippen LogP contribution in [0, 0.1) is 6.92 Å². The summed E-state index contributed by atoms with van der Waals surface area (Å²) in [5, 5.41) is 0. The lowest BCUT2D eigenvalue weighted by molar-refractivity contribution is -0.136. The van der Waals surface area contributed by atoms with Crippen LogP contribution in [-0.2, 0) is 6.42 Å². The van der Waals surface area contributed by atoms with Gasteiger partial charge in [-0.25, -0.2) is 0 Å². The fourth-order valence-electron chi connectivity index (χ4n) is 2.39. The third-order valence-electron chi connectivity index (χ3n) is 3.95. The molecule has 2 rings (SSSR count). The third-order valence-corrected chi connectivity index (χ3v) is 3.95. The number of hydrogen-bond acceptors (Lipinski definition) is 1. The number of aryl methyl sites for hydroxylation is 1. The van der Waals surface area contributed by atoms with Crippen LogP contribution in [0.5, 0.6) is 5.75 Å². The number of ether oxygens (including phenoxy) is 1. The Labute approximate surface area is 147 Å². The molecule has 0 spiro atoms. The summed E-state index contributed by atoms with van der Waals surface area (Å²) in [5.74, 6) is 0.595. The Balaban J connectivity index is 1.85. The monoisotopic (exact) mass is 348 g/mol. The van der Waals surface area contributed by atoms with Crippen LogP contribution in [0.25, 0.3) is 5.57 Å². The summed E-state index contributed by atoms with van der Waals surface area (Å²) in [4.78, 5) is 0. The van der Waals surface area contributed by atoms with Gasteiger partial charge in [0.05, 0.1) is 6.61 Å². The Morgan fingerprint density at radius 1 is 1.00 bits per heavy atom. The maximum Gasteiger partial charge on any atom is 0.389 e. The van der Waals surface area contributed by atoms with Gasteiger partial charge in [-0.1, -0.05) is 48.0 Å². The Kier molecular flexibility index (Phi) is 6.68. The third kappa shape index (κ3) is 7.04. The van der Waals surface area contributed by atoms with Crippen molar-refractivity contribution in [3.8, 4) is 5.75 Å². The van der Waals surface area contributed by atoms with Crippen LogP contribution in [0.15, 0.2) is 54.6 Å². The van der Waals surface area contributed by atoms with Crippen molar-refractivity contribution >= 4 is 5.57 Å². The van der Waals surface area contributed by atoms with Crippen molar-refractivity contribution in [1.29, 1.82) is 0 Å². The van der Waals surface area contributed by atoms with Crippen LogP contribution in [0.2, 0.25) is 0 Å². The average molecular weight is 348 g/mol. The first-order valence-electron chi connectivity index (χ1n) is 8.36. The van der Waals surface area contributed by atoms with Crippen LogP contribution >= 0.6 is 0 Å². The highest BCUT2D eigenvalue weighted by Gasteiger charge is 2.26. The molecule has 1 nitrogen and oxygen atoms in total. The molecular weight excluding hydrogens is 325 g/mol. The maximum absolute atomic E-state index is 12.1. The normalized spacial score (nSPS) is 12.3. The summed E-state index contributed by atoms with van der Waals surface area (Å²) in [6, 6.07) is 15.9. The van der Waals surface area contributed by atoms with E-state index in [-0.39, 0.29) is 13.0 Å². The summed E-state index contributed by atoms with van der Waals surface area (Å²) in [6.45, 7) is 4.19. The van der Waals surface area contributed by atoms with Crippen molar-refractivity contribution < 1.29 is 17.9 Å². The van der Waals surface area contributed by atoms with E-state index in [0.29, 0.717) is 5.75 Å². The van der Waals surface area contributed by atoms with Crippen molar-refractivity contribution in [3.05, 3.63) is 71.3 Å². The summed E-state index contributed by atoms with van der Waals surface area (Å²) < 4.78 is 41.6. The molecule has 0 aliphatic heterocycles. The predicted octanol–water partition coefficient (Wildman–Crippen LogP) is 6.36. The van der Waals surface area contributed by atoms with Gasteiger partial charge in [0.1, 0.15) is 5.75 Å². The lowest BCUT2D eigenvalue weighted by Gasteiger charge is -2.09. The van der Waals surface area contributed by atoms with E-state index in [1.165, 1.54) is 11.1 Å². The van der Waals surface area contributed by atoms with Crippen molar-refractivity contribution in [3.63, 3.8) is 0 Å². The minimum Gasteiger partial charge on any atom is -0.494 e. The maximum atomic E-state index is 12.1. The summed E-state index contributed by atoms with van der Waals surface area (Å²) >= 11 is 0. The number of hydrogen-bond donors (Lipinski definition) is 0. The summed E-state index contributed by atoms with van der Waals surface area (Å²) in [5.41, 5.74) is 4.74. The molecule has 0 N–H and O–H groups in total. The highest BCUT2D eigenvalue weighted by atomic mass is 19.4. The molecule has 0 saturated heterocycles. The minimum absolute atomic E-state index is 0.0271. The minimum atomic E-state index is -4.12. The highest BCUT2D eigenvalue weighted by molar-refractivity contribution is 5.64. The fraction of sp³-hybridized carbons (Fsp3) is 0.333. The van der Waals surface area contributed by atoms with E-state index >= 15 is 0 Å². The van der Waals surface area contributed by atoms with Gasteiger partial charge >= 0.3 is 6.18 Å². The Morgan fingerprint density at radius 3 is 2.24 bits per heavy atom. The Morgan fingerprint density at radius 2 is 1.64 bits per heavy atom. The van der Waals surface area contributed by atoms with E-state index in [1.807, 2.05) is 19.1 Å². The zero-order valence-electron chi connectivity index (χ0n) is 14.6. The van der Waals surface area contributed by atoms with E-state index in [2.05, 4.69) is 37.3 Å². The predicted molar refractivity (Wildman–Crippen MR) is 95.8 cm³/mol. The first kappa shape index (κ1) is 19.1.